The molecule has 0 spiro atoms. The van der Waals surface area contributed by atoms with Crippen molar-refractivity contribution < 1.29 is 0 Å². The maximum atomic E-state index is 2.71. The summed E-state index contributed by atoms with van der Waals surface area (Å²) in [5, 5.41) is 0. The number of allylic oxidation sites excluding steroid dienone is 4. The van der Waals surface area contributed by atoms with Gasteiger partial charge in [-0.3, -0.25) is 0 Å². The first kappa shape index (κ1) is 16.5. The van der Waals surface area contributed by atoms with Crippen molar-refractivity contribution in [3.8, 4) is 11.1 Å². The topological polar surface area (TPSA) is 6.48 Å². The van der Waals surface area contributed by atoms with Gasteiger partial charge in [0.1, 0.15) is 0 Å². The van der Waals surface area contributed by atoms with Gasteiger partial charge in [0.25, 0.3) is 0 Å². The van der Waals surface area contributed by atoms with Gasteiger partial charge in [-0.05, 0) is 46.3 Å². The normalized spacial score (nSPS) is 22.0. The highest BCUT2D eigenvalue weighted by atomic mass is 15.2. The molecule has 148 valence electrons. The first-order valence-corrected chi connectivity index (χ1v) is 11.4. The summed E-state index contributed by atoms with van der Waals surface area (Å²) in [7, 11) is 2.23. The number of anilines is 4. The van der Waals surface area contributed by atoms with E-state index in [1.165, 1.54) is 50.6 Å². The summed E-state index contributed by atoms with van der Waals surface area (Å²) in [5.74, 6) is 0.469. The van der Waals surface area contributed by atoms with Crippen LogP contribution in [-0.4, -0.2) is 13.9 Å². The van der Waals surface area contributed by atoms with Gasteiger partial charge >= 0.3 is 6.85 Å². The van der Waals surface area contributed by atoms with Gasteiger partial charge in [0.15, 0.2) is 0 Å². The van der Waals surface area contributed by atoms with Gasteiger partial charge in [0.05, 0.1) is 22.7 Å². The molecule has 5 aliphatic rings. The van der Waals surface area contributed by atoms with Crippen molar-refractivity contribution in [3.63, 3.8) is 0 Å². The van der Waals surface area contributed by atoms with E-state index in [2.05, 4.69) is 97.4 Å². The van der Waals surface area contributed by atoms with E-state index in [-0.39, 0.29) is 5.41 Å². The molecule has 2 nitrogen and oxygen atoms in total. The van der Waals surface area contributed by atoms with E-state index < -0.39 is 0 Å². The minimum Gasteiger partial charge on any atom is -0.373 e. The Hall–Kier alpha value is -3.20. The lowest BCUT2D eigenvalue weighted by Gasteiger charge is -2.56. The molecule has 1 aliphatic carbocycles. The van der Waals surface area contributed by atoms with Crippen molar-refractivity contribution in [3.05, 3.63) is 88.9 Å². The van der Waals surface area contributed by atoms with Crippen LogP contribution in [-0.2, 0) is 5.41 Å². The van der Waals surface area contributed by atoms with Gasteiger partial charge in [0.2, 0.25) is 0 Å². The summed E-state index contributed by atoms with van der Waals surface area (Å²) in [4.78, 5) is 5.12. The van der Waals surface area contributed by atoms with Gasteiger partial charge in [-0.25, -0.2) is 0 Å². The molecule has 31 heavy (non-hydrogen) atoms. The molecule has 0 saturated carbocycles. The van der Waals surface area contributed by atoms with E-state index in [1.807, 2.05) is 0 Å². The highest BCUT2D eigenvalue weighted by Crippen LogP contribution is 2.62. The Morgan fingerprint density at radius 1 is 0.903 bits per heavy atom. The van der Waals surface area contributed by atoms with E-state index >= 15 is 0 Å². The van der Waals surface area contributed by atoms with Crippen molar-refractivity contribution in [2.45, 2.75) is 31.6 Å². The van der Waals surface area contributed by atoms with E-state index in [0.717, 1.165) is 6.42 Å². The molecule has 0 N–H and O–H groups in total. The Morgan fingerprint density at radius 3 is 2.52 bits per heavy atom. The number of hydrogen-bond donors (Lipinski definition) is 0. The Balaban J connectivity index is 1.64. The molecule has 8 rings (SSSR count). The van der Waals surface area contributed by atoms with Crippen molar-refractivity contribution in [2.75, 3.05) is 16.8 Å². The molecule has 0 aromatic heterocycles. The van der Waals surface area contributed by atoms with Crippen LogP contribution in [0.25, 0.3) is 11.1 Å². The highest BCUT2D eigenvalue weighted by molar-refractivity contribution is 6.88. The zero-order valence-electron chi connectivity index (χ0n) is 18.1. The number of para-hydroxylation sites is 2. The molecule has 0 bridgehead atoms. The van der Waals surface area contributed by atoms with E-state index in [4.69, 9.17) is 0 Å². The number of fused-ring (bicyclic) bond motifs is 2. The van der Waals surface area contributed by atoms with Crippen LogP contribution in [0, 0.1) is 0 Å². The minimum atomic E-state index is 0.0170. The second kappa shape index (κ2) is 4.99. The third-order valence-electron chi connectivity index (χ3n) is 8.55. The summed E-state index contributed by atoms with van der Waals surface area (Å²) in [5.41, 5.74) is 16.0. The fraction of sp³-hybridized carbons (Fsp3) is 0.214. The Morgan fingerprint density at radius 2 is 1.65 bits per heavy atom. The molecule has 3 aromatic carbocycles. The lowest BCUT2D eigenvalue weighted by molar-refractivity contribution is 0.615. The summed E-state index contributed by atoms with van der Waals surface area (Å²) < 4.78 is 0. The molecule has 0 radical (unpaired) electrons. The summed E-state index contributed by atoms with van der Waals surface area (Å²) in [6, 6.07) is 20.8. The average Bonchev–Trinajstić information content (AvgIpc) is 2.80. The maximum Gasteiger partial charge on any atom is 0.326 e. The number of nitrogens with zero attached hydrogens (tertiary/aromatic N) is 2. The molecule has 1 atom stereocenters. The van der Waals surface area contributed by atoms with Crippen molar-refractivity contribution >= 4 is 35.1 Å². The second-order valence-corrected chi connectivity index (χ2v) is 10.2. The first-order valence-electron chi connectivity index (χ1n) is 11.4. The van der Waals surface area contributed by atoms with Crippen LogP contribution < -0.4 is 15.2 Å². The first-order chi connectivity index (χ1) is 15.1. The van der Waals surface area contributed by atoms with Gasteiger partial charge in [0, 0.05) is 23.9 Å². The molecule has 0 amide bonds. The molecule has 4 aliphatic heterocycles. The van der Waals surface area contributed by atoms with Crippen molar-refractivity contribution in [1.29, 1.82) is 0 Å². The Bertz CT molecular complexity index is 1430. The standard InChI is InChI=1S/C28H23BN2/c1-28(2)20-12-4-8-16-18-10-6-14-22-26(18)31-27-19(11-7-15-23(27)30(22)3)17-9-5-13-21(28)25(17)29(31)24(16)20/h4-8,10-15,17H,9H2,1-3H3. The monoisotopic (exact) mass is 398 g/mol. The molecular formula is C28H23BN2. The summed E-state index contributed by atoms with van der Waals surface area (Å²) >= 11 is 0. The number of hydrogen-bond acceptors (Lipinski definition) is 2. The zero-order valence-corrected chi connectivity index (χ0v) is 18.1. The summed E-state index contributed by atoms with van der Waals surface area (Å²) in [6.45, 7) is 5.16. The Kier molecular flexibility index (Phi) is 2.65. The predicted molar refractivity (Wildman–Crippen MR) is 130 cm³/mol. The van der Waals surface area contributed by atoms with Gasteiger partial charge in [-0.15, -0.1) is 0 Å². The van der Waals surface area contributed by atoms with Crippen LogP contribution in [0.5, 0.6) is 0 Å². The largest absolute Gasteiger partial charge is 0.373 e. The molecule has 0 saturated heterocycles. The lowest BCUT2D eigenvalue weighted by atomic mass is 9.34. The average molecular weight is 398 g/mol. The third-order valence-corrected chi connectivity index (χ3v) is 8.55. The van der Waals surface area contributed by atoms with E-state index in [9.17, 15) is 0 Å². The fourth-order valence-corrected chi connectivity index (χ4v) is 7.28. The molecule has 0 fully saturated rings. The Labute approximate surface area is 183 Å². The fourth-order valence-electron chi connectivity index (χ4n) is 7.28. The van der Waals surface area contributed by atoms with Crippen LogP contribution in [0.1, 0.15) is 37.3 Å². The SMILES string of the molecule is CN1c2cccc3c2N2B4C5=C(C=CCC5c5cccc1c52)C(C)(C)c1cccc-3c14. The van der Waals surface area contributed by atoms with Crippen LogP contribution >= 0.6 is 0 Å². The van der Waals surface area contributed by atoms with Gasteiger partial charge < -0.3 is 9.71 Å². The number of rotatable bonds is 0. The molecule has 3 aromatic rings. The third kappa shape index (κ3) is 1.62. The maximum absolute atomic E-state index is 2.71. The van der Waals surface area contributed by atoms with E-state index in [1.54, 1.807) is 10.9 Å². The van der Waals surface area contributed by atoms with E-state index in [0.29, 0.717) is 12.8 Å². The molecular weight excluding hydrogens is 375 g/mol. The van der Waals surface area contributed by atoms with Crippen molar-refractivity contribution in [1.82, 2.24) is 0 Å². The zero-order chi connectivity index (χ0) is 20.6. The lowest BCUT2D eigenvalue weighted by Crippen LogP contribution is -2.61. The molecule has 3 heteroatoms. The second-order valence-electron chi connectivity index (χ2n) is 10.2. The molecule has 1 unspecified atom stereocenters. The van der Waals surface area contributed by atoms with Gasteiger partial charge in [-0.2, -0.15) is 0 Å². The van der Waals surface area contributed by atoms with Crippen LogP contribution in [0.3, 0.4) is 0 Å². The summed E-state index contributed by atoms with van der Waals surface area (Å²) in [6.07, 6.45) is 5.96. The highest BCUT2D eigenvalue weighted by Gasteiger charge is 2.55. The minimum absolute atomic E-state index is 0.0170. The smallest absolute Gasteiger partial charge is 0.326 e. The van der Waals surface area contributed by atoms with Crippen molar-refractivity contribution in [2.24, 2.45) is 0 Å². The van der Waals surface area contributed by atoms with Gasteiger partial charge in [-0.1, -0.05) is 73.9 Å². The molecule has 4 heterocycles. The van der Waals surface area contributed by atoms with Crippen LogP contribution in [0.2, 0.25) is 0 Å². The quantitative estimate of drug-likeness (QED) is 0.431. The predicted octanol–water partition coefficient (Wildman–Crippen LogP) is 5.97. The van der Waals surface area contributed by atoms with Crippen LogP contribution in [0.15, 0.2) is 77.8 Å². The number of benzene rings is 3. The van der Waals surface area contributed by atoms with Crippen LogP contribution in [0.4, 0.5) is 22.7 Å².